The average Bonchev–Trinajstić information content (AvgIpc) is 2.68. The van der Waals surface area contributed by atoms with Crippen molar-refractivity contribution >= 4 is 117 Å². The van der Waals surface area contributed by atoms with Crippen molar-refractivity contribution in [1.29, 1.82) is 0 Å². The van der Waals surface area contributed by atoms with E-state index in [1.54, 1.807) is 0 Å². The maximum atomic E-state index is 10.3. The molecular formula is C18H28Ca2O19. The molecule has 0 aliphatic rings. The summed E-state index contributed by atoms with van der Waals surface area (Å²) in [5.41, 5.74) is -2.74. The maximum Gasteiger partial charge on any atom is 2.00 e. The van der Waals surface area contributed by atoms with Gasteiger partial charge in [0.15, 0.2) is 5.60 Å². The monoisotopic (exact) mass is 628 g/mol. The van der Waals surface area contributed by atoms with Gasteiger partial charge in [0.1, 0.15) is 0 Å². The molecule has 0 radical (unpaired) electrons. The standard InChI is InChI=1S/C6H8O7.4C3H6O3.2Ca/c7-3(8)1-6(13,5(11)12)2-4(9)10;4*1-2(4)3(5)6;;/h13H,1-2H2,(H,7,8)(H,9,10)(H,11,12);4*2,4H,1H3,(H,5,6);;/q;;;;;2*+2/p-4. The summed E-state index contributed by atoms with van der Waals surface area (Å²) in [5.74, 6) is -10.8. The van der Waals surface area contributed by atoms with E-state index in [0.29, 0.717) is 0 Å². The Labute approximate surface area is 280 Å². The molecule has 4 atom stereocenters. The second-order valence-electron chi connectivity index (χ2n) is 6.46. The second kappa shape index (κ2) is 29.6. The number of carboxylic acid groups (broad SMARTS) is 7. The van der Waals surface area contributed by atoms with Crippen LogP contribution in [0.25, 0.3) is 0 Å². The molecule has 0 bridgehead atoms. The molecule has 0 spiro atoms. The molecule has 21 heteroatoms. The summed E-state index contributed by atoms with van der Waals surface area (Å²) in [4.78, 5) is 67.8. The molecule has 0 saturated carbocycles. The predicted molar refractivity (Wildman–Crippen MR) is 115 cm³/mol. The van der Waals surface area contributed by atoms with E-state index in [2.05, 4.69) is 0 Å². The third-order valence-electron chi connectivity index (χ3n) is 2.65. The zero-order valence-electron chi connectivity index (χ0n) is 21.2. The SMILES string of the molecule is CC(O)C(=O)[O-].CC(O)C(=O)[O-].CC(O)C(=O)[O-].CC(O)C(=O)[O-].O=C(O)CC(O)(CC(=O)O)C(=O)O.[Ca+2].[Ca+2]. The number of carboxylic acids is 7. The first-order valence-corrected chi connectivity index (χ1v) is 9.30. The fraction of sp³-hybridized carbons (Fsp3) is 0.611. The largest absolute Gasteiger partial charge is 2.00 e. The topological polar surface area (TPSA) is 374 Å². The van der Waals surface area contributed by atoms with Gasteiger partial charge in [-0.05, 0) is 27.7 Å². The fourth-order valence-corrected chi connectivity index (χ4v) is 0.714. The normalized spacial score (nSPS) is 12.0. The molecule has 4 unspecified atom stereocenters. The number of carbonyl (C=O) groups excluding carboxylic acids is 4. The Morgan fingerprint density at radius 2 is 0.667 bits per heavy atom. The van der Waals surface area contributed by atoms with Crippen LogP contribution in [0.3, 0.4) is 0 Å². The fourth-order valence-electron chi connectivity index (χ4n) is 0.714. The summed E-state index contributed by atoms with van der Waals surface area (Å²) in [5, 5.41) is 103. The van der Waals surface area contributed by atoms with Crippen molar-refractivity contribution in [3.63, 3.8) is 0 Å². The van der Waals surface area contributed by atoms with Gasteiger partial charge in [-0.15, -0.1) is 0 Å². The smallest absolute Gasteiger partial charge is 0.547 e. The summed E-state index contributed by atoms with van der Waals surface area (Å²) in [6.07, 6.45) is -7.66. The van der Waals surface area contributed by atoms with Crippen LogP contribution in [0.4, 0.5) is 0 Å². The molecule has 0 amide bonds. The Morgan fingerprint density at radius 1 is 0.538 bits per heavy atom. The second-order valence-corrected chi connectivity index (χ2v) is 6.46. The molecule has 0 heterocycles. The van der Waals surface area contributed by atoms with Crippen molar-refractivity contribution in [2.75, 3.05) is 0 Å². The van der Waals surface area contributed by atoms with Gasteiger partial charge in [-0.25, -0.2) is 4.79 Å². The molecular weight excluding hydrogens is 600 g/mol. The van der Waals surface area contributed by atoms with Crippen LogP contribution in [0.5, 0.6) is 0 Å². The van der Waals surface area contributed by atoms with E-state index in [-0.39, 0.29) is 75.5 Å². The van der Waals surface area contributed by atoms with Crippen LogP contribution in [-0.2, 0) is 33.6 Å². The third kappa shape index (κ3) is 46.8. The molecule has 0 aromatic heterocycles. The number of hydrogen-bond acceptors (Lipinski definition) is 16. The van der Waals surface area contributed by atoms with Gasteiger partial charge in [0.2, 0.25) is 0 Å². The van der Waals surface area contributed by atoms with Gasteiger partial charge in [0.05, 0.1) is 61.1 Å². The summed E-state index contributed by atoms with van der Waals surface area (Å²) in [6, 6.07) is 0. The number of aliphatic hydroxyl groups excluding tert-OH is 4. The summed E-state index contributed by atoms with van der Waals surface area (Å²) in [7, 11) is 0. The Hall–Kier alpha value is -1.39. The molecule has 19 nitrogen and oxygen atoms in total. The van der Waals surface area contributed by atoms with E-state index in [1.165, 1.54) is 0 Å². The molecule has 0 aliphatic heterocycles. The number of aliphatic carboxylic acids is 7. The molecule has 0 aromatic carbocycles. The Balaban J connectivity index is -0.0000000683. The predicted octanol–water partition coefficient (Wildman–Crippen LogP) is -9.54. The van der Waals surface area contributed by atoms with E-state index in [1.807, 2.05) is 0 Å². The zero-order chi connectivity index (χ0) is 31.3. The van der Waals surface area contributed by atoms with Gasteiger partial charge in [-0.2, -0.15) is 0 Å². The molecule has 39 heavy (non-hydrogen) atoms. The first-order valence-electron chi connectivity index (χ1n) is 9.30. The zero-order valence-corrected chi connectivity index (χ0v) is 25.6. The first kappa shape index (κ1) is 53.8. The van der Waals surface area contributed by atoms with Crippen molar-refractivity contribution in [3.8, 4) is 0 Å². The van der Waals surface area contributed by atoms with E-state index in [9.17, 15) is 54.0 Å². The van der Waals surface area contributed by atoms with E-state index in [0.717, 1.165) is 27.7 Å². The minimum Gasteiger partial charge on any atom is -0.547 e. The van der Waals surface area contributed by atoms with Crippen molar-refractivity contribution in [3.05, 3.63) is 0 Å². The minimum atomic E-state index is -2.74. The third-order valence-corrected chi connectivity index (χ3v) is 2.65. The van der Waals surface area contributed by atoms with Crippen LogP contribution in [0.1, 0.15) is 40.5 Å². The number of aliphatic hydroxyl groups is 5. The molecule has 0 aromatic rings. The van der Waals surface area contributed by atoms with Crippen LogP contribution in [-0.4, -0.2) is 188 Å². The van der Waals surface area contributed by atoms with Crippen molar-refractivity contribution < 1.29 is 94.8 Å². The Kier molecular flexibility index (Phi) is 40.8. The van der Waals surface area contributed by atoms with Crippen LogP contribution in [0.2, 0.25) is 0 Å². The Bertz CT molecular complexity index is 661. The number of hydrogen-bond donors (Lipinski definition) is 8. The van der Waals surface area contributed by atoms with Crippen LogP contribution in [0, 0.1) is 0 Å². The molecule has 0 saturated heterocycles. The maximum absolute atomic E-state index is 10.3. The van der Waals surface area contributed by atoms with Crippen molar-refractivity contribution in [2.45, 2.75) is 70.6 Å². The number of carbonyl (C=O) groups is 7. The number of rotatable bonds is 9. The van der Waals surface area contributed by atoms with Gasteiger partial charge in [0.25, 0.3) is 0 Å². The van der Waals surface area contributed by atoms with Gasteiger partial charge in [0, 0.05) is 0 Å². The summed E-state index contributed by atoms with van der Waals surface area (Å²) < 4.78 is 0. The summed E-state index contributed by atoms with van der Waals surface area (Å²) >= 11 is 0. The van der Waals surface area contributed by atoms with Crippen LogP contribution < -0.4 is 20.4 Å². The minimum absolute atomic E-state index is 0. The first-order chi connectivity index (χ1) is 16.3. The van der Waals surface area contributed by atoms with E-state index < -0.39 is 84.6 Å². The van der Waals surface area contributed by atoms with Gasteiger partial charge >= 0.3 is 93.4 Å². The molecule has 0 fully saturated rings. The van der Waals surface area contributed by atoms with Gasteiger partial charge in [-0.1, -0.05) is 0 Å². The van der Waals surface area contributed by atoms with Gasteiger partial charge in [-0.3, -0.25) is 9.59 Å². The molecule has 0 rings (SSSR count). The van der Waals surface area contributed by atoms with Crippen LogP contribution in [0.15, 0.2) is 0 Å². The Morgan fingerprint density at radius 3 is 0.718 bits per heavy atom. The molecule has 0 aliphatic carbocycles. The van der Waals surface area contributed by atoms with Crippen molar-refractivity contribution in [2.24, 2.45) is 0 Å². The molecule has 8 N–H and O–H groups in total. The van der Waals surface area contributed by atoms with Crippen molar-refractivity contribution in [1.82, 2.24) is 0 Å². The molecule has 218 valence electrons. The van der Waals surface area contributed by atoms with Gasteiger partial charge < -0.3 is 80.5 Å². The van der Waals surface area contributed by atoms with E-state index >= 15 is 0 Å². The summed E-state index contributed by atoms with van der Waals surface area (Å²) in [6.45, 7) is 4.54. The van der Waals surface area contributed by atoms with E-state index in [4.69, 9.17) is 40.9 Å². The van der Waals surface area contributed by atoms with Crippen LogP contribution >= 0.6 is 0 Å². The quantitative estimate of drug-likeness (QED) is 0.110. The average molecular weight is 629 g/mol.